The van der Waals surface area contributed by atoms with Crippen molar-refractivity contribution in [1.29, 1.82) is 0 Å². The Hall–Kier alpha value is -4.00. The van der Waals surface area contributed by atoms with Crippen molar-refractivity contribution in [3.05, 3.63) is 83.4 Å². The van der Waals surface area contributed by atoms with Gasteiger partial charge in [-0.3, -0.25) is 4.79 Å². The molecule has 0 saturated carbocycles. The predicted molar refractivity (Wildman–Crippen MR) is 119 cm³/mol. The number of rotatable bonds is 8. The minimum Gasteiger partial charge on any atom is -0.489 e. The normalized spacial score (nSPS) is 12.0. The topological polar surface area (TPSA) is 81.2 Å². The molecule has 0 saturated heterocycles. The molecule has 7 nitrogen and oxygen atoms in total. The van der Waals surface area contributed by atoms with E-state index in [1.807, 2.05) is 30.3 Å². The first-order valence-corrected chi connectivity index (χ1v) is 9.89. The number of hydrogen-bond acceptors (Lipinski definition) is 6. The third-order valence-electron chi connectivity index (χ3n) is 4.63. The zero-order chi connectivity index (χ0) is 21.5. The standard InChI is InChI=1S/C24H23N3O4/c1-17-2-4-19(5-3-17)15-29-21-9-6-18(7-10-21)13-26-27-24(28)14-25-20-8-11-22-23(12-20)31-16-30-22/h2-13,25H,14-16H2,1H3,(H,27,28)/b26-13-. The highest BCUT2D eigenvalue weighted by atomic mass is 16.7. The van der Waals surface area contributed by atoms with E-state index in [1.165, 1.54) is 5.56 Å². The highest BCUT2D eigenvalue weighted by molar-refractivity contribution is 5.84. The third-order valence-corrected chi connectivity index (χ3v) is 4.63. The number of hydrazone groups is 1. The van der Waals surface area contributed by atoms with E-state index in [0.717, 1.165) is 22.6 Å². The molecular formula is C24H23N3O4. The lowest BCUT2D eigenvalue weighted by atomic mass is 10.2. The second-order valence-electron chi connectivity index (χ2n) is 7.06. The minimum atomic E-state index is -0.257. The van der Waals surface area contributed by atoms with Gasteiger partial charge in [0.25, 0.3) is 5.91 Å². The summed E-state index contributed by atoms with van der Waals surface area (Å²) in [5, 5.41) is 7.02. The van der Waals surface area contributed by atoms with E-state index in [4.69, 9.17) is 14.2 Å². The Morgan fingerprint density at radius 2 is 1.81 bits per heavy atom. The summed E-state index contributed by atoms with van der Waals surface area (Å²) in [5.41, 5.74) is 6.47. The lowest BCUT2D eigenvalue weighted by Gasteiger charge is -2.07. The molecule has 3 aromatic rings. The number of amides is 1. The number of carbonyl (C=O) groups excluding carboxylic acids is 1. The Morgan fingerprint density at radius 3 is 2.61 bits per heavy atom. The highest BCUT2D eigenvalue weighted by Crippen LogP contribution is 2.34. The second-order valence-corrected chi connectivity index (χ2v) is 7.06. The number of hydrogen-bond donors (Lipinski definition) is 2. The molecule has 0 bridgehead atoms. The number of benzene rings is 3. The molecule has 0 aliphatic carbocycles. The van der Waals surface area contributed by atoms with Crippen LogP contribution in [0.3, 0.4) is 0 Å². The number of nitrogens with one attached hydrogen (secondary N) is 2. The van der Waals surface area contributed by atoms with Crippen LogP contribution < -0.4 is 25.0 Å². The zero-order valence-corrected chi connectivity index (χ0v) is 17.1. The fraction of sp³-hybridized carbons (Fsp3) is 0.167. The molecule has 0 aromatic heterocycles. The largest absolute Gasteiger partial charge is 0.489 e. The first kappa shape index (κ1) is 20.3. The summed E-state index contributed by atoms with van der Waals surface area (Å²) in [6.45, 7) is 2.87. The first-order valence-electron chi connectivity index (χ1n) is 9.89. The van der Waals surface area contributed by atoms with Crippen molar-refractivity contribution in [2.24, 2.45) is 5.10 Å². The van der Waals surface area contributed by atoms with Crippen molar-refractivity contribution in [2.45, 2.75) is 13.5 Å². The van der Waals surface area contributed by atoms with E-state index >= 15 is 0 Å². The number of carbonyl (C=O) groups is 1. The Morgan fingerprint density at radius 1 is 1.03 bits per heavy atom. The molecule has 4 rings (SSSR count). The van der Waals surface area contributed by atoms with Gasteiger partial charge in [0.15, 0.2) is 11.5 Å². The SMILES string of the molecule is Cc1ccc(COc2ccc(/C=N\NC(=O)CNc3ccc4c(c3)OCO4)cc2)cc1. The molecule has 3 aromatic carbocycles. The molecule has 0 spiro atoms. The van der Waals surface area contributed by atoms with E-state index < -0.39 is 0 Å². The van der Waals surface area contributed by atoms with Crippen LogP contribution in [0.5, 0.6) is 17.2 Å². The molecule has 1 aliphatic rings. The number of ether oxygens (including phenoxy) is 3. The maximum absolute atomic E-state index is 12.0. The average Bonchev–Trinajstić information content (AvgIpc) is 3.26. The Bertz CT molecular complexity index is 1060. The lowest BCUT2D eigenvalue weighted by Crippen LogP contribution is -2.25. The van der Waals surface area contributed by atoms with Gasteiger partial charge in [-0.05, 0) is 54.4 Å². The Labute approximate surface area is 180 Å². The molecule has 2 N–H and O–H groups in total. The summed E-state index contributed by atoms with van der Waals surface area (Å²) >= 11 is 0. The minimum absolute atomic E-state index is 0.0861. The van der Waals surface area contributed by atoms with E-state index in [1.54, 1.807) is 18.3 Å². The van der Waals surface area contributed by atoms with Gasteiger partial charge < -0.3 is 19.5 Å². The number of anilines is 1. The number of nitrogens with zero attached hydrogens (tertiary/aromatic N) is 1. The van der Waals surface area contributed by atoms with Crippen LogP contribution in [0.2, 0.25) is 0 Å². The highest BCUT2D eigenvalue weighted by Gasteiger charge is 2.13. The summed E-state index contributed by atoms with van der Waals surface area (Å²) in [6, 6.07) is 21.2. The van der Waals surface area contributed by atoms with E-state index in [-0.39, 0.29) is 19.2 Å². The van der Waals surface area contributed by atoms with Gasteiger partial charge >= 0.3 is 0 Å². The molecule has 158 valence electrons. The monoisotopic (exact) mass is 417 g/mol. The van der Waals surface area contributed by atoms with E-state index in [2.05, 4.69) is 47.0 Å². The van der Waals surface area contributed by atoms with Gasteiger partial charge in [-0.1, -0.05) is 29.8 Å². The van der Waals surface area contributed by atoms with Crippen LogP contribution in [0.15, 0.2) is 71.8 Å². The van der Waals surface area contributed by atoms with Crippen LogP contribution >= 0.6 is 0 Å². The summed E-state index contributed by atoms with van der Waals surface area (Å²) in [7, 11) is 0. The Kier molecular flexibility index (Phi) is 6.32. The van der Waals surface area contributed by atoms with Gasteiger partial charge in [-0.2, -0.15) is 5.10 Å². The summed E-state index contributed by atoms with van der Waals surface area (Å²) in [5.74, 6) is 1.88. The maximum Gasteiger partial charge on any atom is 0.259 e. The van der Waals surface area contributed by atoms with Crippen molar-refractivity contribution in [2.75, 3.05) is 18.7 Å². The van der Waals surface area contributed by atoms with Crippen molar-refractivity contribution in [3.63, 3.8) is 0 Å². The fourth-order valence-electron chi connectivity index (χ4n) is 2.91. The van der Waals surface area contributed by atoms with Crippen molar-refractivity contribution in [1.82, 2.24) is 5.43 Å². The number of aryl methyl sites for hydroxylation is 1. The molecule has 1 aliphatic heterocycles. The average molecular weight is 417 g/mol. The lowest BCUT2D eigenvalue weighted by molar-refractivity contribution is -0.119. The molecule has 0 radical (unpaired) electrons. The number of fused-ring (bicyclic) bond motifs is 1. The molecular weight excluding hydrogens is 394 g/mol. The van der Waals surface area contributed by atoms with Crippen LogP contribution in [0.1, 0.15) is 16.7 Å². The summed E-state index contributed by atoms with van der Waals surface area (Å²) in [6.07, 6.45) is 1.59. The molecule has 0 atom stereocenters. The van der Waals surface area contributed by atoms with Crippen LogP contribution in [-0.4, -0.2) is 25.5 Å². The van der Waals surface area contributed by atoms with Crippen LogP contribution in [0.4, 0.5) is 5.69 Å². The van der Waals surface area contributed by atoms with Crippen LogP contribution in [0.25, 0.3) is 0 Å². The van der Waals surface area contributed by atoms with Crippen LogP contribution in [0, 0.1) is 6.92 Å². The van der Waals surface area contributed by atoms with Crippen molar-refractivity contribution >= 4 is 17.8 Å². The first-order chi connectivity index (χ1) is 15.2. The maximum atomic E-state index is 12.0. The predicted octanol–water partition coefficient (Wildman–Crippen LogP) is 3.86. The third kappa shape index (κ3) is 5.76. The van der Waals surface area contributed by atoms with Gasteiger partial charge in [-0.15, -0.1) is 0 Å². The van der Waals surface area contributed by atoms with Crippen molar-refractivity contribution in [3.8, 4) is 17.2 Å². The Balaban J connectivity index is 1.20. The van der Waals surface area contributed by atoms with Crippen LogP contribution in [-0.2, 0) is 11.4 Å². The summed E-state index contributed by atoms with van der Waals surface area (Å²) < 4.78 is 16.4. The van der Waals surface area contributed by atoms with Crippen molar-refractivity contribution < 1.29 is 19.0 Å². The van der Waals surface area contributed by atoms with E-state index in [0.29, 0.717) is 18.1 Å². The van der Waals surface area contributed by atoms with Gasteiger partial charge in [-0.25, -0.2) is 5.43 Å². The van der Waals surface area contributed by atoms with Gasteiger partial charge in [0.1, 0.15) is 12.4 Å². The van der Waals surface area contributed by atoms with Gasteiger partial charge in [0.05, 0.1) is 12.8 Å². The molecule has 0 unspecified atom stereocenters. The fourth-order valence-corrected chi connectivity index (χ4v) is 2.91. The summed E-state index contributed by atoms with van der Waals surface area (Å²) in [4.78, 5) is 12.0. The zero-order valence-electron chi connectivity index (χ0n) is 17.1. The molecule has 1 heterocycles. The molecule has 31 heavy (non-hydrogen) atoms. The quantitative estimate of drug-likeness (QED) is 0.430. The van der Waals surface area contributed by atoms with Gasteiger partial charge in [0.2, 0.25) is 6.79 Å². The van der Waals surface area contributed by atoms with E-state index in [9.17, 15) is 4.79 Å². The second kappa shape index (κ2) is 9.67. The molecule has 1 amide bonds. The molecule has 0 fully saturated rings. The van der Waals surface area contributed by atoms with Gasteiger partial charge in [0, 0.05) is 11.8 Å². The smallest absolute Gasteiger partial charge is 0.259 e. The molecule has 7 heteroatoms.